The third-order valence-electron chi connectivity index (χ3n) is 2.65. The van der Waals surface area contributed by atoms with E-state index >= 15 is 0 Å². The molecule has 0 aliphatic carbocycles. The molecule has 0 aliphatic heterocycles. The molecule has 0 atom stereocenters. The minimum Gasteiger partial charge on any atom is -0.381 e. The summed E-state index contributed by atoms with van der Waals surface area (Å²) >= 11 is 0. The maximum Gasteiger partial charge on any atom is 0.0466 e. The van der Waals surface area contributed by atoms with Crippen LogP contribution in [0.5, 0.6) is 0 Å². The average Bonchev–Trinajstić information content (AvgIpc) is 2.21. The second-order valence-electron chi connectivity index (χ2n) is 5.18. The number of hydrogen-bond acceptors (Lipinski definition) is 2. The molecule has 0 bridgehead atoms. The monoisotopic (exact) mass is 229 g/mol. The zero-order chi connectivity index (χ0) is 12.2. The van der Waals surface area contributed by atoms with Gasteiger partial charge in [-0.3, -0.25) is 0 Å². The summed E-state index contributed by atoms with van der Waals surface area (Å²) in [5.41, 5.74) is 0. The maximum atomic E-state index is 5.58. The van der Waals surface area contributed by atoms with Crippen molar-refractivity contribution >= 4 is 0 Å². The first kappa shape index (κ1) is 15.9. The van der Waals surface area contributed by atoms with Crippen LogP contribution in [-0.4, -0.2) is 38.3 Å². The van der Waals surface area contributed by atoms with E-state index in [0.717, 1.165) is 19.1 Å². The van der Waals surface area contributed by atoms with E-state index in [2.05, 4.69) is 32.7 Å². The Morgan fingerprint density at radius 2 is 1.62 bits per heavy atom. The van der Waals surface area contributed by atoms with Crippen molar-refractivity contribution in [2.45, 2.75) is 52.9 Å². The maximum absolute atomic E-state index is 5.58. The third-order valence-corrected chi connectivity index (χ3v) is 2.65. The molecule has 0 rings (SSSR count). The molecular weight excluding hydrogens is 198 g/mol. The van der Waals surface area contributed by atoms with Gasteiger partial charge in [-0.2, -0.15) is 0 Å². The van der Waals surface area contributed by atoms with Gasteiger partial charge in [0.25, 0.3) is 0 Å². The van der Waals surface area contributed by atoms with Gasteiger partial charge in [0.05, 0.1) is 0 Å². The summed E-state index contributed by atoms with van der Waals surface area (Å²) in [7, 11) is 2.21. The minimum absolute atomic E-state index is 0.773. The lowest BCUT2D eigenvalue weighted by Gasteiger charge is -2.18. The van der Waals surface area contributed by atoms with Gasteiger partial charge in [-0.05, 0) is 38.8 Å². The molecule has 2 nitrogen and oxygen atoms in total. The van der Waals surface area contributed by atoms with Crippen molar-refractivity contribution in [2.75, 3.05) is 33.4 Å². The van der Waals surface area contributed by atoms with Gasteiger partial charge >= 0.3 is 0 Å². The first-order valence-electron chi connectivity index (χ1n) is 6.93. The summed E-state index contributed by atoms with van der Waals surface area (Å²) in [6.45, 7) is 11.1. The Bertz CT molecular complexity index is 137. The van der Waals surface area contributed by atoms with Gasteiger partial charge in [-0.15, -0.1) is 0 Å². The minimum atomic E-state index is 0.773. The van der Waals surface area contributed by atoms with Crippen molar-refractivity contribution in [1.82, 2.24) is 4.90 Å². The summed E-state index contributed by atoms with van der Waals surface area (Å²) in [6, 6.07) is 0. The van der Waals surface area contributed by atoms with Crippen LogP contribution in [0.1, 0.15) is 52.9 Å². The molecule has 0 aromatic heterocycles. The fourth-order valence-electron chi connectivity index (χ4n) is 1.86. The van der Waals surface area contributed by atoms with Gasteiger partial charge < -0.3 is 9.64 Å². The summed E-state index contributed by atoms with van der Waals surface area (Å²) in [5.74, 6) is 0.773. The summed E-state index contributed by atoms with van der Waals surface area (Å²) in [5, 5.41) is 0. The van der Waals surface area contributed by atoms with Crippen LogP contribution >= 0.6 is 0 Å². The Morgan fingerprint density at radius 3 is 2.19 bits per heavy atom. The summed E-state index contributed by atoms with van der Waals surface area (Å²) < 4.78 is 5.58. The largest absolute Gasteiger partial charge is 0.381 e. The van der Waals surface area contributed by atoms with Crippen LogP contribution < -0.4 is 0 Å². The highest BCUT2D eigenvalue weighted by atomic mass is 16.5. The highest BCUT2D eigenvalue weighted by Gasteiger charge is 2.00. The fourth-order valence-corrected chi connectivity index (χ4v) is 1.86. The normalized spacial score (nSPS) is 11.6. The molecule has 16 heavy (non-hydrogen) atoms. The topological polar surface area (TPSA) is 12.5 Å². The number of ether oxygens (including phenoxy) is 1. The van der Waals surface area contributed by atoms with Crippen LogP contribution in [0, 0.1) is 5.92 Å². The highest BCUT2D eigenvalue weighted by Crippen LogP contribution is 2.00. The standard InChI is InChI=1S/C14H31NO/c1-5-6-8-11-16-12-9-7-10-15(4)13-14(2)3/h14H,5-13H2,1-4H3. The molecular formula is C14H31NO. The number of rotatable bonds is 11. The molecule has 0 radical (unpaired) electrons. The predicted octanol–water partition coefficient (Wildman–Crippen LogP) is 3.56. The second-order valence-corrected chi connectivity index (χ2v) is 5.18. The van der Waals surface area contributed by atoms with Crippen molar-refractivity contribution in [1.29, 1.82) is 0 Å². The molecule has 0 aromatic carbocycles. The van der Waals surface area contributed by atoms with Crippen LogP contribution in [0.4, 0.5) is 0 Å². The third kappa shape index (κ3) is 12.0. The molecule has 0 aromatic rings. The van der Waals surface area contributed by atoms with E-state index in [9.17, 15) is 0 Å². The van der Waals surface area contributed by atoms with Gasteiger partial charge in [-0.1, -0.05) is 33.6 Å². The Labute approximate surface area is 102 Å². The van der Waals surface area contributed by atoms with E-state index in [0.29, 0.717) is 0 Å². The van der Waals surface area contributed by atoms with Crippen molar-refractivity contribution < 1.29 is 4.74 Å². The van der Waals surface area contributed by atoms with E-state index in [-0.39, 0.29) is 0 Å². The van der Waals surface area contributed by atoms with Gasteiger partial charge in [0.15, 0.2) is 0 Å². The molecule has 0 saturated heterocycles. The molecule has 0 N–H and O–H groups in total. The van der Waals surface area contributed by atoms with Crippen LogP contribution in [0.15, 0.2) is 0 Å². The lowest BCUT2D eigenvalue weighted by atomic mass is 10.2. The van der Waals surface area contributed by atoms with Crippen molar-refractivity contribution in [3.8, 4) is 0 Å². The Balaban J connectivity index is 3.08. The molecule has 0 saturated carbocycles. The molecule has 0 aliphatic rings. The lowest BCUT2D eigenvalue weighted by Crippen LogP contribution is -2.24. The Hall–Kier alpha value is -0.0800. The van der Waals surface area contributed by atoms with E-state index in [1.54, 1.807) is 0 Å². The molecule has 0 heterocycles. The summed E-state index contributed by atoms with van der Waals surface area (Å²) in [6.07, 6.45) is 6.27. The van der Waals surface area contributed by atoms with E-state index in [1.165, 1.54) is 45.2 Å². The quantitative estimate of drug-likeness (QED) is 0.502. The van der Waals surface area contributed by atoms with Crippen LogP contribution in [0.25, 0.3) is 0 Å². The van der Waals surface area contributed by atoms with Gasteiger partial charge in [0.1, 0.15) is 0 Å². The first-order chi connectivity index (χ1) is 7.66. The van der Waals surface area contributed by atoms with Crippen LogP contribution in [0.3, 0.4) is 0 Å². The molecule has 98 valence electrons. The first-order valence-corrected chi connectivity index (χ1v) is 6.93. The average molecular weight is 229 g/mol. The molecule has 0 unspecified atom stereocenters. The number of unbranched alkanes of at least 4 members (excludes halogenated alkanes) is 3. The zero-order valence-corrected chi connectivity index (χ0v) is 11.8. The van der Waals surface area contributed by atoms with Crippen LogP contribution in [0.2, 0.25) is 0 Å². The van der Waals surface area contributed by atoms with E-state index in [1.807, 2.05) is 0 Å². The van der Waals surface area contributed by atoms with Crippen molar-refractivity contribution in [2.24, 2.45) is 5.92 Å². The second kappa shape index (κ2) is 11.4. The number of nitrogens with zero attached hydrogens (tertiary/aromatic N) is 1. The van der Waals surface area contributed by atoms with Gasteiger partial charge in [0.2, 0.25) is 0 Å². The fraction of sp³-hybridized carbons (Fsp3) is 1.00. The van der Waals surface area contributed by atoms with E-state index in [4.69, 9.17) is 4.74 Å². The highest BCUT2D eigenvalue weighted by molar-refractivity contribution is 4.54. The number of hydrogen-bond donors (Lipinski definition) is 0. The lowest BCUT2D eigenvalue weighted by molar-refractivity contribution is 0.124. The van der Waals surface area contributed by atoms with Gasteiger partial charge in [0, 0.05) is 19.8 Å². The molecule has 0 spiro atoms. The van der Waals surface area contributed by atoms with E-state index < -0.39 is 0 Å². The molecule has 0 fully saturated rings. The predicted molar refractivity (Wildman–Crippen MR) is 71.9 cm³/mol. The van der Waals surface area contributed by atoms with Gasteiger partial charge in [-0.25, -0.2) is 0 Å². The van der Waals surface area contributed by atoms with Crippen LogP contribution in [-0.2, 0) is 4.74 Å². The van der Waals surface area contributed by atoms with Crippen molar-refractivity contribution in [3.05, 3.63) is 0 Å². The Kier molecular flexibility index (Phi) is 11.3. The smallest absolute Gasteiger partial charge is 0.0466 e. The summed E-state index contributed by atoms with van der Waals surface area (Å²) in [4.78, 5) is 2.42. The van der Waals surface area contributed by atoms with Crippen molar-refractivity contribution in [3.63, 3.8) is 0 Å². The SMILES string of the molecule is CCCCCOCCCCN(C)CC(C)C. The zero-order valence-electron chi connectivity index (χ0n) is 11.8. The Morgan fingerprint density at radius 1 is 1.00 bits per heavy atom. The molecule has 0 amide bonds. The molecule has 2 heteroatoms.